The van der Waals surface area contributed by atoms with Crippen LogP contribution in [0.15, 0.2) is 46.9 Å². The molecule has 4 bridgehead atoms. The number of methoxy groups -OCH3 is 2. The van der Waals surface area contributed by atoms with E-state index in [1.165, 1.54) is 24.2 Å². The second kappa shape index (κ2) is 10.3. The van der Waals surface area contributed by atoms with E-state index in [-0.39, 0.29) is 24.1 Å². The zero-order valence-electron chi connectivity index (χ0n) is 22.5. The number of benzene rings is 2. The second-order valence-electron chi connectivity index (χ2n) is 11.9. The van der Waals surface area contributed by atoms with Crippen molar-refractivity contribution in [2.75, 3.05) is 25.7 Å². The number of carbonyl (C=O) groups excluding carboxylic acids is 3. The number of ether oxygens (including phenoxy) is 2. The molecule has 206 valence electrons. The van der Waals surface area contributed by atoms with Crippen LogP contribution in [-0.4, -0.2) is 49.4 Å². The third-order valence-corrected chi connectivity index (χ3v) is 9.95. The van der Waals surface area contributed by atoms with Crippen LogP contribution < -0.4 is 14.4 Å². The predicted octanol–water partition coefficient (Wildman–Crippen LogP) is 5.39. The highest BCUT2D eigenvalue weighted by Crippen LogP contribution is 2.60. The molecule has 0 N–H and O–H groups in total. The maximum atomic E-state index is 14.6. The summed E-state index contributed by atoms with van der Waals surface area (Å²) in [6.45, 7) is 0.369. The average molecular weight is 596 g/mol. The van der Waals surface area contributed by atoms with Gasteiger partial charge < -0.3 is 14.4 Å². The normalized spacial score (nSPS) is 29.2. The van der Waals surface area contributed by atoms with Gasteiger partial charge in [0.2, 0.25) is 11.8 Å². The van der Waals surface area contributed by atoms with E-state index in [0.29, 0.717) is 47.9 Å². The fourth-order valence-electron chi connectivity index (χ4n) is 8.08. The Labute approximate surface area is 237 Å². The molecule has 0 radical (unpaired) electrons. The van der Waals surface area contributed by atoms with Crippen LogP contribution in [-0.2, 0) is 20.8 Å². The van der Waals surface area contributed by atoms with Crippen LogP contribution in [0.5, 0.6) is 11.5 Å². The number of halogens is 1. The van der Waals surface area contributed by atoms with E-state index in [2.05, 4.69) is 15.9 Å². The van der Waals surface area contributed by atoms with Crippen molar-refractivity contribution in [2.45, 2.75) is 57.4 Å². The summed E-state index contributed by atoms with van der Waals surface area (Å²) in [7, 11) is 3.20. The Balaban J connectivity index is 1.30. The lowest BCUT2D eigenvalue weighted by molar-refractivity contribution is -0.161. The summed E-state index contributed by atoms with van der Waals surface area (Å²) in [6.07, 6.45) is 7.00. The molecule has 5 aliphatic rings. The van der Waals surface area contributed by atoms with Gasteiger partial charge in [-0.3, -0.25) is 14.4 Å². The van der Waals surface area contributed by atoms with Crippen LogP contribution in [0.3, 0.4) is 0 Å². The number of amides is 3. The first-order chi connectivity index (χ1) is 18.8. The Morgan fingerprint density at radius 1 is 0.949 bits per heavy atom. The molecule has 2 aromatic carbocycles. The van der Waals surface area contributed by atoms with Gasteiger partial charge in [-0.25, -0.2) is 4.90 Å². The lowest BCUT2D eigenvalue weighted by Gasteiger charge is -2.57. The molecule has 4 saturated carbocycles. The number of imide groups is 1. The SMILES string of the molecule is COc1ccc(CCN(C(=O)C23CC4CC(CC(C4)C2)C3)C2CC(=O)N(c3ccc(Br)cc3)C2=O)cc1OC. The summed E-state index contributed by atoms with van der Waals surface area (Å²) in [4.78, 5) is 44.6. The van der Waals surface area contributed by atoms with Crippen molar-refractivity contribution in [1.29, 1.82) is 0 Å². The number of hydrogen-bond donors (Lipinski definition) is 0. The van der Waals surface area contributed by atoms with Gasteiger partial charge in [-0.05, 0) is 105 Å². The van der Waals surface area contributed by atoms with Gasteiger partial charge >= 0.3 is 0 Å². The molecule has 4 aliphatic carbocycles. The molecule has 5 fully saturated rings. The molecule has 1 aliphatic heterocycles. The molecule has 1 saturated heterocycles. The zero-order chi connectivity index (χ0) is 27.3. The molecule has 1 heterocycles. The lowest BCUT2D eigenvalue weighted by atomic mass is 9.49. The highest BCUT2D eigenvalue weighted by Gasteiger charge is 2.57. The van der Waals surface area contributed by atoms with Crippen LogP contribution in [0.2, 0.25) is 0 Å². The third kappa shape index (κ3) is 4.75. The Hall–Kier alpha value is -2.87. The topological polar surface area (TPSA) is 76.2 Å². The average Bonchev–Trinajstić information content (AvgIpc) is 3.21. The van der Waals surface area contributed by atoms with Gasteiger partial charge in [0.05, 0.1) is 31.7 Å². The van der Waals surface area contributed by atoms with Crippen molar-refractivity contribution in [3.8, 4) is 11.5 Å². The Morgan fingerprint density at radius 2 is 1.56 bits per heavy atom. The highest BCUT2D eigenvalue weighted by molar-refractivity contribution is 9.10. The maximum Gasteiger partial charge on any atom is 0.257 e. The monoisotopic (exact) mass is 594 g/mol. The third-order valence-electron chi connectivity index (χ3n) is 9.43. The standard InChI is InChI=1S/C31H35BrN2O5/c1-38-26-8-3-19(14-27(26)39-2)9-10-33(30(37)31-16-20-11-21(17-31)13-22(12-20)18-31)25-15-28(35)34(29(25)36)24-6-4-23(32)5-7-24/h3-8,14,20-22,25H,9-13,15-18H2,1-2H3. The summed E-state index contributed by atoms with van der Waals surface area (Å²) in [6, 6.07) is 12.1. The molecular formula is C31H35BrN2O5. The largest absolute Gasteiger partial charge is 0.493 e. The van der Waals surface area contributed by atoms with Crippen molar-refractivity contribution in [3.63, 3.8) is 0 Å². The summed E-state index contributed by atoms with van der Waals surface area (Å²) < 4.78 is 11.7. The predicted molar refractivity (Wildman–Crippen MR) is 151 cm³/mol. The maximum absolute atomic E-state index is 14.6. The minimum atomic E-state index is -0.790. The van der Waals surface area contributed by atoms with Gasteiger partial charge in [0.25, 0.3) is 5.91 Å². The van der Waals surface area contributed by atoms with Gasteiger partial charge in [-0.2, -0.15) is 0 Å². The van der Waals surface area contributed by atoms with Gasteiger partial charge in [-0.15, -0.1) is 0 Å². The van der Waals surface area contributed by atoms with Crippen LogP contribution in [0.1, 0.15) is 50.5 Å². The first-order valence-corrected chi connectivity index (χ1v) is 14.7. The molecule has 1 atom stereocenters. The molecule has 7 nitrogen and oxygen atoms in total. The number of nitrogens with zero attached hydrogens (tertiary/aromatic N) is 2. The van der Waals surface area contributed by atoms with Gasteiger partial charge in [0.1, 0.15) is 6.04 Å². The van der Waals surface area contributed by atoms with Gasteiger partial charge in [-0.1, -0.05) is 22.0 Å². The first kappa shape index (κ1) is 26.4. The van der Waals surface area contributed by atoms with Crippen LogP contribution in [0.25, 0.3) is 0 Å². The first-order valence-electron chi connectivity index (χ1n) is 13.9. The minimum absolute atomic E-state index is 0.0128. The van der Waals surface area contributed by atoms with E-state index in [4.69, 9.17) is 9.47 Å². The lowest BCUT2D eigenvalue weighted by Crippen LogP contribution is -2.58. The van der Waals surface area contributed by atoms with Crippen LogP contribution in [0, 0.1) is 23.2 Å². The van der Waals surface area contributed by atoms with Crippen LogP contribution in [0.4, 0.5) is 5.69 Å². The molecule has 0 spiro atoms. The molecule has 3 amide bonds. The van der Waals surface area contributed by atoms with E-state index in [1.54, 1.807) is 31.3 Å². The van der Waals surface area contributed by atoms with Crippen molar-refractivity contribution in [1.82, 2.24) is 4.90 Å². The summed E-state index contributed by atoms with van der Waals surface area (Å²) in [5.74, 6) is 2.58. The fourth-order valence-corrected chi connectivity index (χ4v) is 8.35. The summed E-state index contributed by atoms with van der Waals surface area (Å²) >= 11 is 3.42. The molecule has 39 heavy (non-hydrogen) atoms. The smallest absolute Gasteiger partial charge is 0.257 e. The van der Waals surface area contributed by atoms with E-state index in [9.17, 15) is 14.4 Å². The Bertz CT molecular complexity index is 1260. The van der Waals surface area contributed by atoms with Gasteiger partial charge in [0, 0.05) is 11.0 Å². The quantitative estimate of drug-likeness (QED) is 0.383. The Kier molecular flexibility index (Phi) is 6.94. The summed E-state index contributed by atoms with van der Waals surface area (Å²) in [5.41, 5.74) is 1.12. The van der Waals surface area contributed by atoms with Crippen molar-refractivity contribution in [2.24, 2.45) is 23.2 Å². The van der Waals surface area contributed by atoms with E-state index in [1.807, 2.05) is 30.3 Å². The molecule has 0 aromatic heterocycles. The zero-order valence-corrected chi connectivity index (χ0v) is 24.1. The molecule has 7 rings (SSSR count). The molecule has 1 unspecified atom stereocenters. The van der Waals surface area contributed by atoms with E-state index >= 15 is 0 Å². The van der Waals surface area contributed by atoms with Crippen molar-refractivity contribution in [3.05, 3.63) is 52.5 Å². The summed E-state index contributed by atoms with van der Waals surface area (Å²) in [5, 5.41) is 0. The minimum Gasteiger partial charge on any atom is -0.493 e. The Morgan fingerprint density at radius 3 is 2.15 bits per heavy atom. The molecule has 2 aromatic rings. The fraction of sp³-hybridized carbons (Fsp3) is 0.516. The molecule has 8 heteroatoms. The van der Waals surface area contributed by atoms with Crippen LogP contribution >= 0.6 is 15.9 Å². The number of rotatable bonds is 8. The van der Waals surface area contributed by atoms with E-state index in [0.717, 1.165) is 29.3 Å². The van der Waals surface area contributed by atoms with Crippen molar-refractivity contribution < 1.29 is 23.9 Å². The highest BCUT2D eigenvalue weighted by atomic mass is 79.9. The number of anilines is 1. The van der Waals surface area contributed by atoms with E-state index < -0.39 is 11.5 Å². The number of carbonyl (C=O) groups is 3. The molecular weight excluding hydrogens is 560 g/mol. The second-order valence-corrected chi connectivity index (χ2v) is 12.8. The number of hydrogen-bond acceptors (Lipinski definition) is 5. The van der Waals surface area contributed by atoms with Gasteiger partial charge in [0.15, 0.2) is 11.5 Å². The van der Waals surface area contributed by atoms with Crippen molar-refractivity contribution >= 4 is 39.3 Å².